The van der Waals surface area contributed by atoms with E-state index in [4.69, 9.17) is 10.5 Å². The van der Waals surface area contributed by atoms with Gasteiger partial charge in [-0.15, -0.1) is 0 Å². The topological polar surface area (TPSA) is 103 Å². The van der Waals surface area contributed by atoms with Crippen LogP contribution in [0.25, 0.3) is 11.1 Å². The molecule has 2 aromatic heterocycles. The molecule has 3 N–H and O–H groups in total. The standard InChI is InChI=1S/C18H15F3N4O3/c1-25-11(6-7-23-25)9-28-12-4-2-10(3-5-12)13-8-14(16(22)26)17(27)24-15(13)18(19,20)21/h2-8H,9H2,1H3,(H2,22,26)(H,24,27). The normalized spacial score (nSPS) is 11.4. The molecular weight excluding hydrogens is 377 g/mol. The molecule has 0 saturated heterocycles. The first-order valence-electron chi connectivity index (χ1n) is 8.01. The Balaban J connectivity index is 1.94. The maximum atomic E-state index is 13.3. The van der Waals surface area contributed by atoms with Gasteiger partial charge in [0.15, 0.2) is 0 Å². The highest BCUT2D eigenvalue weighted by Gasteiger charge is 2.36. The Hall–Kier alpha value is -3.56. The number of benzene rings is 1. The second-order valence-corrected chi connectivity index (χ2v) is 5.92. The summed E-state index contributed by atoms with van der Waals surface area (Å²) in [6, 6.07) is 8.38. The summed E-state index contributed by atoms with van der Waals surface area (Å²) in [6.45, 7) is 0.230. The number of aryl methyl sites for hydroxylation is 1. The number of alkyl halides is 3. The molecule has 0 atom stereocenters. The summed E-state index contributed by atoms with van der Waals surface area (Å²) in [7, 11) is 1.76. The number of rotatable bonds is 5. The lowest BCUT2D eigenvalue weighted by Gasteiger charge is -2.14. The Morgan fingerprint density at radius 1 is 1.25 bits per heavy atom. The highest BCUT2D eigenvalue weighted by Crippen LogP contribution is 2.35. The van der Waals surface area contributed by atoms with Gasteiger partial charge in [0.2, 0.25) is 0 Å². The number of H-pyrrole nitrogens is 1. The number of aromatic amines is 1. The number of nitrogens with two attached hydrogens (primary N) is 1. The summed E-state index contributed by atoms with van der Waals surface area (Å²) in [4.78, 5) is 24.8. The quantitative estimate of drug-likeness (QED) is 0.696. The van der Waals surface area contributed by atoms with Crippen molar-refractivity contribution in [2.45, 2.75) is 12.8 Å². The highest BCUT2D eigenvalue weighted by atomic mass is 19.4. The lowest BCUT2D eigenvalue weighted by molar-refractivity contribution is -0.140. The predicted octanol–water partition coefficient (Wildman–Crippen LogP) is 2.47. The first-order chi connectivity index (χ1) is 13.2. The van der Waals surface area contributed by atoms with E-state index in [1.807, 2.05) is 0 Å². The molecule has 0 saturated carbocycles. The number of pyridine rings is 1. The van der Waals surface area contributed by atoms with Crippen molar-refractivity contribution in [2.24, 2.45) is 12.8 Å². The summed E-state index contributed by atoms with van der Waals surface area (Å²) in [5.41, 5.74) is 2.66. The number of nitrogens with one attached hydrogen (secondary N) is 1. The Kier molecular flexibility index (Phi) is 4.95. The van der Waals surface area contributed by atoms with Gasteiger partial charge < -0.3 is 15.5 Å². The summed E-state index contributed by atoms with van der Waals surface area (Å²) >= 11 is 0. The van der Waals surface area contributed by atoms with Crippen molar-refractivity contribution in [2.75, 3.05) is 0 Å². The number of amides is 1. The maximum absolute atomic E-state index is 13.3. The molecule has 1 aromatic carbocycles. The number of hydrogen-bond donors (Lipinski definition) is 2. The monoisotopic (exact) mass is 392 g/mol. The fraction of sp³-hybridized carbons (Fsp3) is 0.167. The van der Waals surface area contributed by atoms with E-state index in [9.17, 15) is 22.8 Å². The van der Waals surface area contributed by atoms with E-state index in [0.717, 1.165) is 11.8 Å². The average Bonchev–Trinajstić information content (AvgIpc) is 3.04. The van der Waals surface area contributed by atoms with Crippen LogP contribution in [0, 0.1) is 0 Å². The van der Waals surface area contributed by atoms with Crippen molar-refractivity contribution in [3.8, 4) is 16.9 Å². The first kappa shape index (κ1) is 19.2. The minimum atomic E-state index is -4.82. The van der Waals surface area contributed by atoms with Gasteiger partial charge in [-0.2, -0.15) is 18.3 Å². The van der Waals surface area contributed by atoms with Gasteiger partial charge in [-0.25, -0.2) is 0 Å². The summed E-state index contributed by atoms with van der Waals surface area (Å²) in [5.74, 6) is -0.689. The number of aromatic nitrogens is 3. The molecule has 0 aliphatic carbocycles. The molecule has 0 aliphatic heterocycles. The van der Waals surface area contributed by atoms with Gasteiger partial charge in [-0.1, -0.05) is 12.1 Å². The predicted molar refractivity (Wildman–Crippen MR) is 93.6 cm³/mol. The highest BCUT2D eigenvalue weighted by molar-refractivity contribution is 5.93. The Morgan fingerprint density at radius 2 is 1.93 bits per heavy atom. The van der Waals surface area contributed by atoms with Gasteiger partial charge in [-0.05, 0) is 29.8 Å². The molecule has 0 bridgehead atoms. The molecule has 0 unspecified atom stereocenters. The van der Waals surface area contributed by atoms with E-state index >= 15 is 0 Å². The molecule has 7 nitrogen and oxygen atoms in total. The fourth-order valence-electron chi connectivity index (χ4n) is 2.60. The Morgan fingerprint density at radius 3 is 2.46 bits per heavy atom. The van der Waals surface area contributed by atoms with Crippen molar-refractivity contribution in [1.82, 2.24) is 14.8 Å². The molecule has 0 fully saturated rings. The first-order valence-corrected chi connectivity index (χ1v) is 8.01. The molecule has 0 aliphatic rings. The van der Waals surface area contributed by atoms with Gasteiger partial charge in [0, 0.05) is 18.8 Å². The summed E-state index contributed by atoms with van der Waals surface area (Å²) in [6.07, 6.45) is -3.20. The third-order valence-corrected chi connectivity index (χ3v) is 4.06. The number of carbonyl (C=O) groups is 1. The van der Waals surface area contributed by atoms with Crippen LogP contribution in [0.15, 0.2) is 47.4 Å². The third kappa shape index (κ3) is 3.90. The molecule has 3 aromatic rings. The molecule has 3 rings (SSSR count). The van der Waals surface area contributed by atoms with Crippen LogP contribution in [0.4, 0.5) is 13.2 Å². The van der Waals surface area contributed by atoms with Crippen LogP contribution in [-0.2, 0) is 19.8 Å². The summed E-state index contributed by atoms with van der Waals surface area (Å²) in [5, 5.41) is 4.01. The molecule has 2 heterocycles. The van der Waals surface area contributed by atoms with Crippen molar-refractivity contribution in [3.05, 3.63) is 69.9 Å². The van der Waals surface area contributed by atoms with E-state index < -0.39 is 28.9 Å². The van der Waals surface area contributed by atoms with Gasteiger partial charge in [-0.3, -0.25) is 14.3 Å². The van der Waals surface area contributed by atoms with Gasteiger partial charge >= 0.3 is 6.18 Å². The van der Waals surface area contributed by atoms with Crippen LogP contribution < -0.4 is 16.0 Å². The van der Waals surface area contributed by atoms with E-state index in [-0.39, 0.29) is 17.7 Å². The van der Waals surface area contributed by atoms with Crippen molar-refractivity contribution >= 4 is 5.91 Å². The van der Waals surface area contributed by atoms with Gasteiger partial charge in [0.1, 0.15) is 23.6 Å². The molecule has 28 heavy (non-hydrogen) atoms. The van der Waals surface area contributed by atoms with E-state index in [1.165, 1.54) is 24.3 Å². The van der Waals surface area contributed by atoms with E-state index in [2.05, 4.69) is 5.10 Å². The minimum absolute atomic E-state index is 0.138. The van der Waals surface area contributed by atoms with Crippen molar-refractivity contribution < 1.29 is 22.7 Å². The zero-order valence-corrected chi connectivity index (χ0v) is 14.6. The smallest absolute Gasteiger partial charge is 0.431 e. The lowest BCUT2D eigenvalue weighted by atomic mass is 10.0. The minimum Gasteiger partial charge on any atom is -0.487 e. The largest absolute Gasteiger partial charge is 0.487 e. The Labute approximate surface area is 156 Å². The van der Waals surface area contributed by atoms with Crippen molar-refractivity contribution in [1.29, 1.82) is 0 Å². The average molecular weight is 392 g/mol. The SMILES string of the molecule is Cn1nccc1COc1ccc(-c2cc(C(N)=O)c(=O)[nH]c2C(F)(F)F)cc1. The van der Waals surface area contributed by atoms with E-state index in [0.29, 0.717) is 5.75 Å². The number of carbonyl (C=O) groups excluding carboxylic acids is 1. The molecule has 0 radical (unpaired) electrons. The van der Waals surface area contributed by atoms with Crippen LogP contribution in [0.2, 0.25) is 0 Å². The lowest BCUT2D eigenvalue weighted by Crippen LogP contribution is -2.27. The molecule has 0 spiro atoms. The molecular formula is C18H15F3N4O3. The zero-order chi connectivity index (χ0) is 20.5. The number of ether oxygens (including phenoxy) is 1. The second-order valence-electron chi connectivity index (χ2n) is 5.92. The molecule has 146 valence electrons. The number of hydrogen-bond acceptors (Lipinski definition) is 4. The zero-order valence-electron chi connectivity index (χ0n) is 14.6. The van der Waals surface area contributed by atoms with Gasteiger partial charge in [0.25, 0.3) is 11.5 Å². The van der Waals surface area contributed by atoms with Crippen LogP contribution >= 0.6 is 0 Å². The molecule has 1 amide bonds. The third-order valence-electron chi connectivity index (χ3n) is 4.06. The number of nitrogens with zero attached hydrogens (tertiary/aromatic N) is 2. The van der Waals surface area contributed by atoms with Crippen LogP contribution in [-0.4, -0.2) is 20.7 Å². The second kappa shape index (κ2) is 7.22. The van der Waals surface area contributed by atoms with Crippen LogP contribution in [0.3, 0.4) is 0 Å². The van der Waals surface area contributed by atoms with Crippen LogP contribution in [0.1, 0.15) is 21.7 Å². The number of primary amides is 1. The van der Waals surface area contributed by atoms with E-state index in [1.54, 1.807) is 29.0 Å². The molecule has 10 heteroatoms. The number of halogens is 3. The Bertz CT molecular complexity index is 1070. The van der Waals surface area contributed by atoms with Crippen molar-refractivity contribution in [3.63, 3.8) is 0 Å². The van der Waals surface area contributed by atoms with Crippen LogP contribution in [0.5, 0.6) is 5.75 Å². The summed E-state index contributed by atoms with van der Waals surface area (Å²) < 4.78 is 47.2. The van der Waals surface area contributed by atoms with Gasteiger partial charge in [0.05, 0.1) is 5.69 Å². The maximum Gasteiger partial charge on any atom is 0.431 e. The fourth-order valence-corrected chi connectivity index (χ4v) is 2.60.